The average molecular weight is 304 g/mol. The zero-order valence-electron chi connectivity index (χ0n) is 9.77. The van der Waals surface area contributed by atoms with Crippen LogP contribution in [0.3, 0.4) is 0 Å². The van der Waals surface area contributed by atoms with Crippen molar-refractivity contribution < 1.29 is 8.78 Å². The maximum Gasteiger partial charge on any atom is 0.277 e. The molecule has 0 radical (unpaired) electrons. The molecule has 17 heavy (non-hydrogen) atoms. The zero-order chi connectivity index (χ0) is 12.5. The van der Waals surface area contributed by atoms with Gasteiger partial charge < -0.3 is 5.32 Å². The first-order valence-electron chi connectivity index (χ1n) is 5.87. The van der Waals surface area contributed by atoms with E-state index in [1.165, 1.54) is 0 Å². The summed E-state index contributed by atoms with van der Waals surface area (Å²) in [6.07, 6.45) is 1.42. The van der Waals surface area contributed by atoms with Gasteiger partial charge in [-0.25, -0.2) is 8.78 Å². The monoisotopic (exact) mass is 303 g/mol. The van der Waals surface area contributed by atoms with Gasteiger partial charge in [-0.15, -0.1) is 0 Å². The van der Waals surface area contributed by atoms with E-state index >= 15 is 0 Å². The lowest BCUT2D eigenvalue weighted by molar-refractivity contribution is -0.0730. The highest BCUT2D eigenvalue weighted by Gasteiger charge is 2.42. The molecule has 0 aromatic heterocycles. The Morgan fingerprint density at radius 2 is 2.18 bits per heavy atom. The van der Waals surface area contributed by atoms with E-state index in [1.807, 2.05) is 0 Å². The highest BCUT2D eigenvalue weighted by atomic mass is 79.9. The summed E-state index contributed by atoms with van der Waals surface area (Å²) in [4.78, 5) is 0. The summed E-state index contributed by atoms with van der Waals surface area (Å²) in [6.45, 7) is 2.99. The van der Waals surface area contributed by atoms with Crippen molar-refractivity contribution in [2.75, 3.05) is 13.1 Å². The number of benzene rings is 1. The SMILES string of the molecule is Cc1ccc(Br)cc1C(F)(F)C1CCCNC1. The molecular weight excluding hydrogens is 288 g/mol. The Bertz CT molecular complexity index is 400. The number of hydrogen-bond donors (Lipinski definition) is 1. The van der Waals surface area contributed by atoms with Crippen LogP contribution in [-0.4, -0.2) is 13.1 Å². The molecule has 1 aliphatic heterocycles. The van der Waals surface area contributed by atoms with Crippen LogP contribution in [0.2, 0.25) is 0 Å². The second kappa shape index (κ2) is 5.02. The summed E-state index contributed by atoms with van der Waals surface area (Å²) >= 11 is 3.26. The van der Waals surface area contributed by atoms with Crippen LogP contribution in [0.4, 0.5) is 8.78 Å². The molecule has 1 N–H and O–H groups in total. The van der Waals surface area contributed by atoms with Gasteiger partial charge in [-0.3, -0.25) is 0 Å². The lowest BCUT2D eigenvalue weighted by Gasteiger charge is -2.31. The van der Waals surface area contributed by atoms with Crippen molar-refractivity contribution in [3.63, 3.8) is 0 Å². The van der Waals surface area contributed by atoms with Gasteiger partial charge in [0.15, 0.2) is 0 Å². The van der Waals surface area contributed by atoms with Crippen molar-refractivity contribution in [1.82, 2.24) is 5.32 Å². The summed E-state index contributed by atoms with van der Waals surface area (Å²) < 4.78 is 29.6. The number of rotatable bonds is 2. The number of nitrogens with one attached hydrogen (secondary N) is 1. The third kappa shape index (κ3) is 2.68. The second-order valence-electron chi connectivity index (χ2n) is 4.63. The van der Waals surface area contributed by atoms with Crippen molar-refractivity contribution in [3.8, 4) is 0 Å². The Labute approximate surface area is 109 Å². The van der Waals surface area contributed by atoms with Gasteiger partial charge in [0.25, 0.3) is 5.92 Å². The highest BCUT2D eigenvalue weighted by Crippen LogP contribution is 2.41. The van der Waals surface area contributed by atoms with Crippen molar-refractivity contribution >= 4 is 15.9 Å². The van der Waals surface area contributed by atoms with Crippen molar-refractivity contribution in [2.45, 2.75) is 25.7 Å². The molecule has 1 unspecified atom stereocenters. The van der Waals surface area contributed by atoms with Crippen LogP contribution in [0, 0.1) is 12.8 Å². The summed E-state index contributed by atoms with van der Waals surface area (Å²) in [7, 11) is 0. The van der Waals surface area contributed by atoms with E-state index in [2.05, 4.69) is 21.2 Å². The molecule has 1 aromatic carbocycles. The minimum Gasteiger partial charge on any atom is -0.316 e. The fourth-order valence-electron chi connectivity index (χ4n) is 2.33. The number of alkyl halides is 2. The molecule has 0 bridgehead atoms. The minimum absolute atomic E-state index is 0.153. The summed E-state index contributed by atoms with van der Waals surface area (Å²) in [5, 5.41) is 3.05. The number of piperidine rings is 1. The van der Waals surface area contributed by atoms with E-state index in [1.54, 1.807) is 25.1 Å². The van der Waals surface area contributed by atoms with E-state index in [-0.39, 0.29) is 5.56 Å². The van der Waals surface area contributed by atoms with Crippen LogP contribution in [0.1, 0.15) is 24.0 Å². The van der Waals surface area contributed by atoms with E-state index < -0.39 is 11.8 Å². The average Bonchev–Trinajstić information content (AvgIpc) is 2.33. The Morgan fingerprint density at radius 1 is 1.41 bits per heavy atom. The first-order valence-corrected chi connectivity index (χ1v) is 6.66. The van der Waals surface area contributed by atoms with Crippen LogP contribution in [0.5, 0.6) is 0 Å². The molecule has 4 heteroatoms. The normalized spacial score (nSPS) is 21.5. The maximum atomic E-state index is 14.4. The predicted octanol–water partition coefficient (Wildman–Crippen LogP) is 3.85. The Kier molecular flexibility index (Phi) is 3.83. The summed E-state index contributed by atoms with van der Waals surface area (Å²) in [5.74, 6) is -3.34. The van der Waals surface area contributed by atoms with E-state index in [0.29, 0.717) is 23.0 Å². The molecule has 1 saturated heterocycles. The fourth-order valence-corrected chi connectivity index (χ4v) is 2.70. The third-order valence-corrected chi connectivity index (χ3v) is 3.86. The highest BCUT2D eigenvalue weighted by molar-refractivity contribution is 9.10. The number of hydrogen-bond acceptors (Lipinski definition) is 1. The number of aryl methyl sites for hydroxylation is 1. The van der Waals surface area contributed by atoms with Gasteiger partial charge in [0, 0.05) is 22.5 Å². The Hall–Kier alpha value is -0.480. The lowest BCUT2D eigenvalue weighted by Crippen LogP contribution is -2.39. The molecule has 0 aliphatic carbocycles. The van der Waals surface area contributed by atoms with E-state index in [4.69, 9.17) is 0 Å². The molecular formula is C13H16BrF2N. The van der Waals surface area contributed by atoms with Gasteiger partial charge >= 0.3 is 0 Å². The van der Waals surface area contributed by atoms with Crippen LogP contribution >= 0.6 is 15.9 Å². The number of halogens is 3. The lowest BCUT2D eigenvalue weighted by atomic mass is 9.87. The molecule has 1 nitrogen and oxygen atoms in total. The molecule has 0 amide bonds. The van der Waals surface area contributed by atoms with Gasteiger partial charge in [0.2, 0.25) is 0 Å². The largest absolute Gasteiger partial charge is 0.316 e. The van der Waals surface area contributed by atoms with Crippen LogP contribution in [-0.2, 0) is 5.92 Å². The molecule has 1 aromatic rings. The van der Waals surface area contributed by atoms with Gasteiger partial charge in [-0.2, -0.15) is 0 Å². The summed E-state index contributed by atoms with van der Waals surface area (Å²) in [5.41, 5.74) is 0.810. The topological polar surface area (TPSA) is 12.0 Å². The minimum atomic E-state index is -2.75. The van der Waals surface area contributed by atoms with E-state index in [9.17, 15) is 8.78 Å². The van der Waals surface area contributed by atoms with Gasteiger partial charge in [-0.1, -0.05) is 22.0 Å². The molecule has 2 rings (SSSR count). The van der Waals surface area contributed by atoms with Crippen LogP contribution in [0.25, 0.3) is 0 Å². The van der Waals surface area contributed by atoms with Gasteiger partial charge in [0.05, 0.1) is 0 Å². The first-order chi connectivity index (χ1) is 8.01. The molecule has 94 valence electrons. The molecule has 1 aliphatic rings. The predicted molar refractivity (Wildman–Crippen MR) is 68.4 cm³/mol. The standard InChI is InChI=1S/C13H16BrF2N/c1-9-4-5-11(14)7-12(9)13(15,16)10-3-2-6-17-8-10/h4-5,7,10,17H,2-3,6,8H2,1H3. The smallest absolute Gasteiger partial charge is 0.277 e. The van der Waals surface area contributed by atoms with Crippen molar-refractivity contribution in [2.24, 2.45) is 5.92 Å². The maximum absolute atomic E-state index is 14.4. The van der Waals surface area contributed by atoms with Crippen molar-refractivity contribution in [3.05, 3.63) is 33.8 Å². The quantitative estimate of drug-likeness (QED) is 0.875. The Balaban J connectivity index is 2.32. The molecule has 1 heterocycles. The van der Waals surface area contributed by atoms with Crippen LogP contribution < -0.4 is 5.32 Å². The van der Waals surface area contributed by atoms with Crippen molar-refractivity contribution in [1.29, 1.82) is 0 Å². The fraction of sp³-hybridized carbons (Fsp3) is 0.538. The zero-order valence-corrected chi connectivity index (χ0v) is 11.4. The molecule has 1 fully saturated rings. The molecule has 0 spiro atoms. The second-order valence-corrected chi connectivity index (χ2v) is 5.54. The van der Waals surface area contributed by atoms with Gasteiger partial charge in [0.1, 0.15) is 0 Å². The third-order valence-electron chi connectivity index (χ3n) is 3.37. The molecule has 1 atom stereocenters. The first kappa shape index (κ1) is 13.0. The Morgan fingerprint density at radius 3 is 2.82 bits per heavy atom. The van der Waals surface area contributed by atoms with E-state index in [0.717, 1.165) is 13.0 Å². The van der Waals surface area contributed by atoms with Crippen LogP contribution in [0.15, 0.2) is 22.7 Å². The molecule has 0 saturated carbocycles. The van der Waals surface area contributed by atoms with Gasteiger partial charge in [-0.05, 0) is 44.0 Å². The summed E-state index contributed by atoms with van der Waals surface area (Å²) in [6, 6.07) is 5.08.